The molecule has 0 unspecified atom stereocenters. The Labute approximate surface area is 625 Å². The van der Waals surface area contributed by atoms with Crippen molar-refractivity contribution in [1.82, 2.24) is 24.9 Å². The molecular formula is C95H133F2N5O. The molecule has 0 bridgehead atoms. The Balaban J connectivity index is 0.000000307. The molecule has 5 aromatic carbocycles. The predicted molar refractivity (Wildman–Crippen MR) is 441 cm³/mol. The minimum atomic E-state index is -0.384. The molecule has 0 saturated heterocycles. The average Bonchev–Trinajstić information content (AvgIpc) is 0.825. The monoisotopic (exact) mass is 1400 g/mol. The van der Waals surface area contributed by atoms with E-state index in [9.17, 15) is 8.78 Å². The Morgan fingerprint density at radius 2 is 0.835 bits per heavy atom. The summed E-state index contributed by atoms with van der Waals surface area (Å²) in [4.78, 5) is 20.9. The third-order valence-corrected chi connectivity index (χ3v) is 15.4. The molecule has 558 valence electrons. The zero-order valence-electron chi connectivity index (χ0n) is 68.9. The van der Waals surface area contributed by atoms with E-state index >= 15 is 0 Å². The van der Waals surface area contributed by atoms with E-state index in [2.05, 4.69) is 312 Å². The summed E-state index contributed by atoms with van der Waals surface area (Å²) < 4.78 is 30.5. The molecule has 0 N–H and O–H groups in total. The summed E-state index contributed by atoms with van der Waals surface area (Å²) in [6.07, 6.45) is 19.1. The maximum Gasteiger partial charge on any atom is 0.213 e. The second kappa shape index (κ2) is 41.5. The van der Waals surface area contributed by atoms with Crippen LogP contribution in [0.25, 0.3) is 21.5 Å². The van der Waals surface area contributed by atoms with Gasteiger partial charge >= 0.3 is 0 Å². The Kier molecular flexibility index (Phi) is 36.0. The number of aryl methyl sites for hydroxylation is 3. The van der Waals surface area contributed by atoms with Gasteiger partial charge in [0.2, 0.25) is 11.8 Å². The number of methoxy groups -OCH3 is 1. The van der Waals surface area contributed by atoms with E-state index in [0.717, 1.165) is 73.9 Å². The van der Waals surface area contributed by atoms with Crippen LogP contribution in [0.2, 0.25) is 0 Å². The molecule has 5 aromatic heterocycles. The predicted octanol–water partition coefficient (Wildman–Crippen LogP) is 26.8. The lowest BCUT2D eigenvalue weighted by atomic mass is 9.86. The van der Waals surface area contributed by atoms with Crippen molar-refractivity contribution in [2.24, 2.45) is 43.3 Å². The van der Waals surface area contributed by atoms with Crippen LogP contribution in [-0.4, -0.2) is 32.0 Å². The largest absolute Gasteiger partial charge is 0.481 e. The molecule has 103 heavy (non-hydrogen) atoms. The molecule has 0 radical (unpaired) electrons. The number of hydrogen-bond donors (Lipinski definition) is 0. The minimum absolute atomic E-state index is 0.142. The molecule has 0 spiro atoms. The molecule has 6 nitrogen and oxygen atoms in total. The van der Waals surface area contributed by atoms with Crippen molar-refractivity contribution in [3.05, 3.63) is 275 Å². The first-order chi connectivity index (χ1) is 47.6. The van der Waals surface area contributed by atoms with Gasteiger partial charge in [0.25, 0.3) is 0 Å². The van der Waals surface area contributed by atoms with Crippen molar-refractivity contribution in [2.45, 2.75) is 238 Å². The van der Waals surface area contributed by atoms with Gasteiger partial charge in [-0.3, -0.25) is 15.0 Å². The number of nitrogens with zero attached hydrogens (tertiary/aromatic N) is 5. The number of benzene rings is 5. The fourth-order valence-corrected chi connectivity index (χ4v) is 11.0. The molecule has 0 saturated carbocycles. The number of hydrogen-bond acceptors (Lipinski definition) is 6. The van der Waals surface area contributed by atoms with Gasteiger partial charge in [-0.1, -0.05) is 300 Å². The maximum atomic E-state index is 12.8. The van der Waals surface area contributed by atoms with Gasteiger partial charge < -0.3 is 4.74 Å². The molecule has 0 atom stereocenters. The first-order valence-corrected chi connectivity index (χ1v) is 37.1. The van der Waals surface area contributed by atoms with Crippen LogP contribution in [0.5, 0.6) is 5.88 Å². The second-order valence-electron chi connectivity index (χ2n) is 37.3. The smallest absolute Gasteiger partial charge is 0.213 e. The van der Waals surface area contributed by atoms with Gasteiger partial charge in [-0.15, -0.1) is 0 Å². The van der Waals surface area contributed by atoms with Crippen LogP contribution in [0.4, 0.5) is 8.78 Å². The van der Waals surface area contributed by atoms with Crippen LogP contribution >= 0.6 is 0 Å². The van der Waals surface area contributed by atoms with Gasteiger partial charge in [0.05, 0.1) is 7.11 Å². The first kappa shape index (κ1) is 89.2. The quantitative estimate of drug-likeness (QED) is 0.127. The summed E-state index contributed by atoms with van der Waals surface area (Å²) in [5.74, 6) is 0.152. The molecule has 10 rings (SSSR count). The maximum absolute atomic E-state index is 12.8. The van der Waals surface area contributed by atoms with Crippen LogP contribution in [-0.2, 0) is 51.4 Å². The van der Waals surface area contributed by atoms with Crippen molar-refractivity contribution in [1.29, 1.82) is 0 Å². The molecule has 0 aliphatic rings. The lowest BCUT2D eigenvalue weighted by molar-refractivity contribution is 0.378. The molecule has 0 aliphatic heterocycles. The van der Waals surface area contributed by atoms with Gasteiger partial charge in [-0.2, -0.15) is 4.39 Å². The molecule has 8 heteroatoms. The van der Waals surface area contributed by atoms with Crippen molar-refractivity contribution < 1.29 is 13.5 Å². The molecule has 5 heterocycles. The lowest BCUT2D eigenvalue weighted by Gasteiger charge is -2.19. The summed E-state index contributed by atoms with van der Waals surface area (Å²) in [5, 5.41) is 5.25. The first-order valence-electron chi connectivity index (χ1n) is 37.1. The number of ether oxygens (including phenoxy) is 1. The third kappa shape index (κ3) is 43.7. The Morgan fingerprint density at radius 3 is 1.34 bits per heavy atom. The molecule has 0 aliphatic carbocycles. The van der Waals surface area contributed by atoms with Crippen molar-refractivity contribution in [2.75, 3.05) is 7.11 Å². The second-order valence-corrected chi connectivity index (χ2v) is 37.3. The molecular weight excluding hydrogens is 1270 g/mol. The third-order valence-electron chi connectivity index (χ3n) is 15.4. The number of pyridine rings is 5. The summed E-state index contributed by atoms with van der Waals surface area (Å²) in [5.41, 5.74) is 14.6. The fraction of sp³-hybridized carbons (Fsp3) is 0.463. The average molecular weight is 1400 g/mol. The van der Waals surface area contributed by atoms with E-state index in [-0.39, 0.29) is 22.6 Å². The van der Waals surface area contributed by atoms with E-state index in [0.29, 0.717) is 38.4 Å². The summed E-state index contributed by atoms with van der Waals surface area (Å²) in [6, 6.07) is 58.7. The normalized spacial score (nSPS) is 11.7. The van der Waals surface area contributed by atoms with Crippen LogP contribution in [0.3, 0.4) is 0 Å². The van der Waals surface area contributed by atoms with Crippen LogP contribution in [0.1, 0.15) is 229 Å². The highest BCUT2D eigenvalue weighted by Crippen LogP contribution is 2.29. The standard InChI is InChI=1S/C15H18.C14H17N.C11H16FN.C11H15F.C11H17NO.2C11H17N.C11H16/c1-15(2,3)11-13-9-6-8-12-7-4-5-10-14(12)13;1-14(2,3)9-13-8-11-6-4-5-7-12(11)10-15-13;1-8-5-6-10(12)13-9(8)7-11(2,3)4;1-11(2,3)8-9-5-4-6-10(12)7-9;1-11(2,3)7-9-5-6-10(13-4)12-8-9;1-9-5-6-10(8-12-9)7-11(2,3)4;1-11(2,3)7-6-10-5-4-8-12-9-10;1-11(2,3)9-10-7-5-4-6-8-10/h4-10H,11H2,1-3H3;4-8,10H,9H2,1-3H3;5-6H,7H2,1-4H3;4-7H,8H2,1-3H3;5-6,8H,7H2,1-4H3;5-6,8H,7H2,1-4H3;4-5,8-9H,6-7H2,1-3H3;4-8H,9H2,1-3H3. The zero-order chi connectivity index (χ0) is 77.5. The van der Waals surface area contributed by atoms with Crippen LogP contribution in [0.15, 0.2) is 207 Å². The number of rotatable bonds is 10. The zero-order valence-corrected chi connectivity index (χ0v) is 68.9. The van der Waals surface area contributed by atoms with Crippen LogP contribution in [0, 0.1) is 68.9 Å². The number of halogens is 2. The Morgan fingerprint density at radius 1 is 0.350 bits per heavy atom. The number of fused-ring (bicyclic) bond motifs is 2. The van der Waals surface area contributed by atoms with Gasteiger partial charge in [0, 0.05) is 59.5 Å². The lowest BCUT2D eigenvalue weighted by Crippen LogP contribution is -2.12. The van der Waals surface area contributed by atoms with Gasteiger partial charge in [-0.05, 0) is 206 Å². The van der Waals surface area contributed by atoms with Crippen molar-refractivity contribution in [3.8, 4) is 5.88 Å². The van der Waals surface area contributed by atoms with Gasteiger partial charge in [0.1, 0.15) is 5.82 Å². The summed E-state index contributed by atoms with van der Waals surface area (Å²) in [6.45, 7) is 57.4. The Hall–Kier alpha value is -7.97. The van der Waals surface area contributed by atoms with Crippen molar-refractivity contribution >= 4 is 21.5 Å². The SMILES string of the molecule is CC(C)(C)CCc1cccnc1.CC(C)(C)Cc1cc2ccccc2cn1.CC(C)(C)Cc1cccc(F)c1.CC(C)(C)Cc1cccc2ccccc12.CC(C)(C)Cc1ccccc1.COc1ccc(CC(C)(C)C)cn1.Cc1ccc(CC(C)(C)C)cn1.Cc1ccc(F)nc1CC(C)(C)C. The van der Waals surface area contributed by atoms with Crippen LogP contribution < -0.4 is 4.74 Å². The van der Waals surface area contributed by atoms with E-state index in [1.165, 1.54) is 73.6 Å². The minimum Gasteiger partial charge on any atom is -0.481 e. The highest BCUT2D eigenvalue weighted by atomic mass is 19.1. The topological polar surface area (TPSA) is 73.7 Å². The summed E-state index contributed by atoms with van der Waals surface area (Å²) >= 11 is 0. The highest BCUT2D eigenvalue weighted by molar-refractivity contribution is 5.85. The van der Waals surface area contributed by atoms with E-state index in [1.54, 1.807) is 25.3 Å². The Bertz CT molecular complexity index is 3960. The van der Waals surface area contributed by atoms with E-state index in [4.69, 9.17) is 4.74 Å². The van der Waals surface area contributed by atoms with E-state index in [1.807, 2.05) is 69.1 Å². The summed E-state index contributed by atoms with van der Waals surface area (Å²) in [7, 11) is 1.63. The fourth-order valence-electron chi connectivity index (χ4n) is 11.0. The molecule has 0 fully saturated rings. The molecule has 10 aromatic rings. The van der Waals surface area contributed by atoms with Gasteiger partial charge in [0.15, 0.2) is 0 Å². The van der Waals surface area contributed by atoms with E-state index < -0.39 is 0 Å². The number of aromatic nitrogens is 5. The van der Waals surface area contributed by atoms with Gasteiger partial charge in [-0.25, -0.2) is 14.4 Å². The highest BCUT2D eigenvalue weighted by Gasteiger charge is 2.18. The molecule has 0 amide bonds. The van der Waals surface area contributed by atoms with Crippen molar-refractivity contribution in [3.63, 3.8) is 0 Å².